The van der Waals surface area contributed by atoms with E-state index in [1.54, 1.807) is 0 Å². The number of nitrogens with two attached hydrogens (primary N) is 2. The van der Waals surface area contributed by atoms with Crippen LogP contribution >= 0.6 is 12.6 Å². The quantitative estimate of drug-likeness (QED) is 0.210. The van der Waals surface area contributed by atoms with Gasteiger partial charge in [-0.1, -0.05) is 104 Å². The van der Waals surface area contributed by atoms with Crippen LogP contribution in [-0.4, -0.2) is 35.7 Å². The first-order valence-electron chi connectivity index (χ1n) is 11.7. The van der Waals surface area contributed by atoms with E-state index in [4.69, 9.17) is 11.5 Å². The summed E-state index contributed by atoms with van der Waals surface area (Å²) in [5.41, 5.74) is 14.3. The first-order chi connectivity index (χ1) is 16.2. The smallest absolute Gasteiger partial charge is 0.241 e. The molecular weight excluding hydrogens is 426 g/mol. The zero-order valence-electron chi connectivity index (χ0n) is 19.1. The average molecular weight is 462 g/mol. The van der Waals surface area contributed by atoms with Crippen molar-refractivity contribution in [3.8, 4) is 0 Å². The van der Waals surface area contributed by atoms with Crippen LogP contribution in [0.4, 0.5) is 0 Å². The summed E-state index contributed by atoms with van der Waals surface area (Å²) >= 11 is 4.36. The molecule has 3 aromatic carbocycles. The van der Waals surface area contributed by atoms with Crippen molar-refractivity contribution in [2.75, 3.05) is 18.8 Å². The number of carbonyl (C=O) groups excluding carboxylic acids is 1. The second-order valence-corrected chi connectivity index (χ2v) is 8.66. The average Bonchev–Trinajstić information content (AvgIpc) is 2.89. The van der Waals surface area contributed by atoms with E-state index in [-0.39, 0.29) is 11.7 Å². The molecule has 0 aliphatic carbocycles. The minimum absolute atomic E-state index is 0.0969. The van der Waals surface area contributed by atoms with Gasteiger partial charge in [0, 0.05) is 12.3 Å². The molecule has 33 heavy (non-hydrogen) atoms. The van der Waals surface area contributed by atoms with Crippen LogP contribution in [0.15, 0.2) is 91.0 Å². The summed E-state index contributed by atoms with van der Waals surface area (Å²) < 4.78 is 0. The molecule has 4 N–H and O–H groups in total. The Labute approximate surface area is 203 Å². The van der Waals surface area contributed by atoms with Crippen molar-refractivity contribution in [2.24, 2.45) is 11.5 Å². The Morgan fingerprint density at radius 1 is 0.758 bits per heavy atom. The number of unbranched alkanes of at least 4 members (excludes halogenated alkanes) is 3. The molecule has 0 spiro atoms. The minimum Gasteiger partial charge on any atom is -0.330 e. The van der Waals surface area contributed by atoms with Gasteiger partial charge in [-0.15, -0.1) is 0 Å². The maximum absolute atomic E-state index is 13.9. The van der Waals surface area contributed by atoms with Crippen molar-refractivity contribution < 1.29 is 4.79 Å². The van der Waals surface area contributed by atoms with Crippen LogP contribution in [0.25, 0.3) is 0 Å². The van der Waals surface area contributed by atoms with Crippen molar-refractivity contribution in [1.82, 2.24) is 4.90 Å². The Morgan fingerprint density at radius 3 is 1.58 bits per heavy atom. The van der Waals surface area contributed by atoms with Gasteiger partial charge in [0.2, 0.25) is 5.91 Å². The highest BCUT2D eigenvalue weighted by molar-refractivity contribution is 7.80. The van der Waals surface area contributed by atoms with Crippen LogP contribution in [0.3, 0.4) is 0 Å². The summed E-state index contributed by atoms with van der Waals surface area (Å²) in [5, 5.41) is 0. The standard InChI is InChI=1S/C28H35N3OS/c29-20-12-1-2-13-21-31(27(32)26(30)22-33)28(23-14-6-3-7-15-23,24-16-8-4-9-17-24)25-18-10-5-11-19-25/h3-11,14-19,26,33H,1-2,12-13,20-22,29-30H2/t26-/m0/s1. The number of amides is 1. The summed E-state index contributed by atoms with van der Waals surface area (Å²) in [6.07, 6.45) is 3.92. The number of thiol groups is 1. The minimum atomic E-state index is -0.810. The van der Waals surface area contributed by atoms with Crippen molar-refractivity contribution in [2.45, 2.75) is 37.3 Å². The summed E-state index contributed by atoms with van der Waals surface area (Å²) in [5.74, 6) is 0.192. The molecule has 0 fully saturated rings. The van der Waals surface area contributed by atoms with Gasteiger partial charge in [0.1, 0.15) is 5.54 Å². The molecule has 4 nitrogen and oxygen atoms in total. The zero-order valence-corrected chi connectivity index (χ0v) is 20.0. The van der Waals surface area contributed by atoms with Gasteiger partial charge >= 0.3 is 0 Å². The van der Waals surface area contributed by atoms with Crippen LogP contribution < -0.4 is 11.5 Å². The molecule has 0 aromatic heterocycles. The molecule has 0 saturated carbocycles. The predicted octanol–water partition coefficient (Wildman–Crippen LogP) is 4.58. The molecule has 174 valence electrons. The van der Waals surface area contributed by atoms with Gasteiger partial charge in [0.15, 0.2) is 0 Å². The van der Waals surface area contributed by atoms with Gasteiger partial charge in [-0.3, -0.25) is 4.79 Å². The predicted molar refractivity (Wildman–Crippen MR) is 140 cm³/mol. The molecule has 0 saturated heterocycles. The molecule has 1 atom stereocenters. The lowest BCUT2D eigenvalue weighted by Gasteiger charge is -2.46. The van der Waals surface area contributed by atoms with Crippen LogP contribution in [0.5, 0.6) is 0 Å². The van der Waals surface area contributed by atoms with Crippen LogP contribution in [-0.2, 0) is 10.3 Å². The summed E-state index contributed by atoms with van der Waals surface area (Å²) in [6, 6.07) is 30.1. The first-order valence-corrected chi connectivity index (χ1v) is 12.3. The van der Waals surface area contributed by atoms with E-state index >= 15 is 0 Å². The molecule has 0 radical (unpaired) electrons. The highest BCUT2D eigenvalue weighted by Crippen LogP contribution is 2.43. The Bertz CT molecular complexity index is 870. The third kappa shape index (κ3) is 5.67. The Hall–Kier alpha value is -2.60. The number of hydrogen-bond donors (Lipinski definition) is 3. The zero-order chi connectivity index (χ0) is 23.5. The van der Waals surface area contributed by atoms with Gasteiger partial charge < -0.3 is 16.4 Å². The van der Waals surface area contributed by atoms with Crippen LogP contribution in [0.1, 0.15) is 42.4 Å². The Kier molecular flexibility index (Phi) is 9.55. The van der Waals surface area contributed by atoms with Gasteiger partial charge in [0.05, 0.1) is 6.04 Å². The number of hydrogen-bond acceptors (Lipinski definition) is 4. The molecule has 3 rings (SSSR count). The van der Waals surface area contributed by atoms with Crippen LogP contribution in [0, 0.1) is 0 Å². The lowest BCUT2D eigenvalue weighted by molar-refractivity contribution is -0.136. The summed E-state index contributed by atoms with van der Waals surface area (Å²) in [4.78, 5) is 15.9. The van der Waals surface area contributed by atoms with E-state index in [0.29, 0.717) is 13.1 Å². The number of nitrogens with zero attached hydrogens (tertiary/aromatic N) is 1. The van der Waals surface area contributed by atoms with Crippen molar-refractivity contribution in [1.29, 1.82) is 0 Å². The maximum atomic E-state index is 13.9. The fraction of sp³-hybridized carbons (Fsp3) is 0.321. The lowest BCUT2D eigenvalue weighted by atomic mass is 9.75. The molecule has 0 heterocycles. The maximum Gasteiger partial charge on any atom is 0.241 e. The van der Waals surface area contributed by atoms with E-state index < -0.39 is 11.6 Å². The van der Waals surface area contributed by atoms with E-state index in [2.05, 4.69) is 49.0 Å². The third-order valence-corrected chi connectivity index (χ3v) is 6.49. The molecule has 3 aromatic rings. The van der Waals surface area contributed by atoms with E-state index in [1.807, 2.05) is 59.5 Å². The van der Waals surface area contributed by atoms with Crippen LogP contribution in [0.2, 0.25) is 0 Å². The fourth-order valence-electron chi connectivity index (χ4n) is 4.49. The highest BCUT2D eigenvalue weighted by Gasteiger charge is 2.45. The van der Waals surface area contributed by atoms with E-state index in [9.17, 15) is 4.79 Å². The lowest BCUT2D eigenvalue weighted by Crippen LogP contribution is -2.56. The SMILES string of the molecule is NCCCCCCN(C(=O)[C@@H](N)CS)C(c1ccccc1)(c1ccccc1)c1ccccc1. The van der Waals surface area contributed by atoms with Gasteiger partial charge in [-0.05, 0) is 36.1 Å². The monoisotopic (exact) mass is 461 g/mol. The molecule has 0 aliphatic rings. The van der Waals surface area contributed by atoms with E-state index in [0.717, 1.165) is 42.4 Å². The summed E-state index contributed by atoms with van der Waals surface area (Å²) in [6.45, 7) is 1.28. The summed E-state index contributed by atoms with van der Waals surface area (Å²) in [7, 11) is 0. The molecule has 5 heteroatoms. The molecular formula is C28H35N3OS. The molecule has 0 bridgehead atoms. The van der Waals surface area contributed by atoms with Crippen molar-refractivity contribution >= 4 is 18.5 Å². The van der Waals surface area contributed by atoms with Gasteiger partial charge in [-0.25, -0.2) is 0 Å². The van der Waals surface area contributed by atoms with Crippen molar-refractivity contribution in [3.63, 3.8) is 0 Å². The normalized spacial score (nSPS) is 12.3. The van der Waals surface area contributed by atoms with Crippen molar-refractivity contribution in [3.05, 3.63) is 108 Å². The highest BCUT2D eigenvalue weighted by atomic mass is 32.1. The first kappa shape index (κ1) is 25.0. The Morgan fingerprint density at radius 2 is 1.18 bits per heavy atom. The topological polar surface area (TPSA) is 72.3 Å². The fourth-order valence-corrected chi connectivity index (χ4v) is 4.65. The van der Waals surface area contributed by atoms with E-state index in [1.165, 1.54) is 0 Å². The molecule has 1 amide bonds. The second-order valence-electron chi connectivity index (χ2n) is 8.29. The van der Waals surface area contributed by atoms with Gasteiger partial charge in [-0.2, -0.15) is 12.6 Å². The Balaban J connectivity index is 2.24. The molecule has 0 aliphatic heterocycles. The number of benzene rings is 3. The number of rotatable bonds is 12. The third-order valence-electron chi connectivity index (χ3n) is 6.10. The second kappa shape index (κ2) is 12.6. The largest absolute Gasteiger partial charge is 0.330 e. The van der Waals surface area contributed by atoms with Gasteiger partial charge in [0.25, 0.3) is 0 Å². The molecule has 0 unspecified atom stereocenters. The number of carbonyl (C=O) groups is 1.